The highest BCUT2D eigenvalue weighted by molar-refractivity contribution is 7.82. The van der Waals surface area contributed by atoms with Crippen molar-refractivity contribution in [1.29, 1.82) is 0 Å². The largest absolute Gasteiger partial charge is 0.352 e. The summed E-state index contributed by atoms with van der Waals surface area (Å²) in [6.45, 7) is 1.48. The first-order valence-corrected chi connectivity index (χ1v) is 11.7. The Balaban J connectivity index is 1.77. The number of carbonyl (C=O) groups excluding carboxylic acids is 2. The van der Waals surface area contributed by atoms with Crippen LogP contribution >= 0.6 is 0 Å². The molecule has 1 atom stereocenters. The fourth-order valence-corrected chi connectivity index (χ4v) is 4.29. The molecule has 1 aliphatic heterocycles. The van der Waals surface area contributed by atoms with Crippen LogP contribution in [0.25, 0.3) is 0 Å². The number of halogens is 4. The third-order valence-corrected chi connectivity index (χ3v) is 6.03. The Bertz CT molecular complexity index is 1090. The van der Waals surface area contributed by atoms with Gasteiger partial charge in [0.05, 0.1) is 16.5 Å². The standard InChI is InChI=1S/C22H23F4N3O3S/c1-13-11-16(4-6-18(13)23)27-20(30)14-3-5-19(24)17(12-14)22(25,26)21(31)29-9-7-15(8-10-29)28-33(2)32/h3-6,11-12,15,28H,7-10H2,1-2H3,(H,27,30). The van der Waals surface area contributed by atoms with Gasteiger partial charge in [-0.25, -0.2) is 17.7 Å². The number of hydrogen-bond acceptors (Lipinski definition) is 3. The molecule has 1 fully saturated rings. The van der Waals surface area contributed by atoms with E-state index < -0.39 is 45.9 Å². The molecule has 2 N–H and O–H groups in total. The van der Waals surface area contributed by atoms with Gasteiger partial charge in [0.25, 0.3) is 11.8 Å². The van der Waals surface area contributed by atoms with Gasteiger partial charge in [-0.3, -0.25) is 9.59 Å². The summed E-state index contributed by atoms with van der Waals surface area (Å²) < 4.78 is 71.8. The number of aryl methyl sites for hydroxylation is 1. The second-order valence-corrected chi connectivity index (χ2v) is 8.97. The number of rotatable bonds is 6. The monoisotopic (exact) mass is 485 g/mol. The second-order valence-electron chi connectivity index (χ2n) is 7.83. The molecule has 0 spiro atoms. The summed E-state index contributed by atoms with van der Waals surface area (Å²) in [6, 6.07) is 6.00. The van der Waals surface area contributed by atoms with Crippen molar-refractivity contribution in [2.24, 2.45) is 0 Å². The van der Waals surface area contributed by atoms with Crippen LogP contribution in [0.5, 0.6) is 0 Å². The summed E-state index contributed by atoms with van der Waals surface area (Å²) in [7, 11) is -1.27. The van der Waals surface area contributed by atoms with E-state index >= 15 is 8.78 Å². The first-order valence-electron chi connectivity index (χ1n) is 10.1. The zero-order valence-electron chi connectivity index (χ0n) is 18.0. The zero-order chi connectivity index (χ0) is 24.3. The molecule has 1 saturated heterocycles. The van der Waals surface area contributed by atoms with Gasteiger partial charge >= 0.3 is 5.92 Å². The van der Waals surface area contributed by atoms with Gasteiger partial charge in [-0.15, -0.1) is 0 Å². The molecule has 1 unspecified atom stereocenters. The zero-order valence-corrected chi connectivity index (χ0v) is 18.8. The molecular formula is C22H23F4N3O3S. The number of nitrogens with zero attached hydrogens (tertiary/aromatic N) is 1. The van der Waals surface area contributed by atoms with Crippen molar-refractivity contribution in [3.8, 4) is 0 Å². The lowest BCUT2D eigenvalue weighted by molar-refractivity contribution is -0.160. The second kappa shape index (κ2) is 10.0. The van der Waals surface area contributed by atoms with Crippen LogP contribution in [0.1, 0.15) is 34.3 Å². The van der Waals surface area contributed by atoms with Crippen LogP contribution in [0.2, 0.25) is 0 Å². The fourth-order valence-electron chi connectivity index (χ4n) is 3.58. The Morgan fingerprint density at radius 1 is 1.06 bits per heavy atom. The normalized spacial score (nSPS) is 15.9. The third kappa shape index (κ3) is 5.77. The van der Waals surface area contributed by atoms with E-state index in [0.717, 1.165) is 17.0 Å². The molecule has 11 heteroatoms. The third-order valence-electron chi connectivity index (χ3n) is 5.37. The predicted octanol–water partition coefficient (Wildman–Crippen LogP) is 3.49. The van der Waals surface area contributed by atoms with Crippen molar-refractivity contribution < 1.29 is 31.4 Å². The topological polar surface area (TPSA) is 78.5 Å². The molecule has 2 aromatic carbocycles. The summed E-state index contributed by atoms with van der Waals surface area (Å²) in [5, 5.41) is 2.44. The van der Waals surface area contributed by atoms with Crippen LogP contribution in [-0.2, 0) is 21.7 Å². The van der Waals surface area contributed by atoms with Gasteiger partial charge < -0.3 is 10.2 Å². The van der Waals surface area contributed by atoms with Crippen molar-refractivity contribution in [2.45, 2.75) is 31.7 Å². The maximum absolute atomic E-state index is 15.0. The number of carbonyl (C=O) groups is 2. The molecule has 178 valence electrons. The first kappa shape index (κ1) is 24.8. The van der Waals surface area contributed by atoms with Crippen LogP contribution in [0.4, 0.5) is 23.2 Å². The van der Waals surface area contributed by atoms with Crippen LogP contribution < -0.4 is 10.0 Å². The number of piperidine rings is 1. The first-order chi connectivity index (χ1) is 15.5. The van der Waals surface area contributed by atoms with Gasteiger partial charge in [-0.05, 0) is 61.7 Å². The number of likely N-dealkylation sites (tertiary alicyclic amines) is 1. The highest BCUT2D eigenvalue weighted by Crippen LogP contribution is 2.34. The van der Waals surface area contributed by atoms with E-state index in [4.69, 9.17) is 0 Å². The lowest BCUT2D eigenvalue weighted by Gasteiger charge is -2.34. The smallest absolute Gasteiger partial charge is 0.337 e. The number of amides is 2. The lowest BCUT2D eigenvalue weighted by atomic mass is 10.0. The molecule has 0 aliphatic carbocycles. The fraction of sp³-hybridized carbons (Fsp3) is 0.364. The Kier molecular flexibility index (Phi) is 7.53. The van der Waals surface area contributed by atoms with E-state index in [1.807, 2.05) is 0 Å². The lowest BCUT2D eigenvalue weighted by Crippen LogP contribution is -2.49. The molecule has 0 aromatic heterocycles. The Labute approximate surface area is 190 Å². The van der Waals surface area contributed by atoms with Gasteiger partial charge in [-0.1, -0.05) is 0 Å². The maximum Gasteiger partial charge on any atom is 0.352 e. The number of nitrogens with one attached hydrogen (secondary N) is 2. The van der Waals surface area contributed by atoms with Crippen LogP contribution in [-0.4, -0.2) is 46.3 Å². The minimum atomic E-state index is -4.19. The van der Waals surface area contributed by atoms with Gasteiger partial charge in [0.2, 0.25) is 0 Å². The molecule has 3 rings (SSSR count). The molecule has 33 heavy (non-hydrogen) atoms. The minimum absolute atomic E-state index is 0.00496. The molecule has 0 saturated carbocycles. The van der Waals surface area contributed by atoms with Crippen molar-refractivity contribution in [3.63, 3.8) is 0 Å². The Morgan fingerprint density at radius 2 is 1.70 bits per heavy atom. The SMILES string of the molecule is Cc1cc(NC(=O)c2ccc(F)c(C(F)(F)C(=O)N3CCC(NS(C)=O)CC3)c2)ccc1F. The quantitative estimate of drug-likeness (QED) is 0.615. The number of hydrogen-bond donors (Lipinski definition) is 2. The van der Waals surface area contributed by atoms with Gasteiger partial charge in [-0.2, -0.15) is 8.78 Å². The van der Waals surface area contributed by atoms with Crippen molar-refractivity contribution in [1.82, 2.24) is 9.62 Å². The Morgan fingerprint density at radius 3 is 2.30 bits per heavy atom. The highest BCUT2D eigenvalue weighted by Gasteiger charge is 2.46. The van der Waals surface area contributed by atoms with E-state index in [9.17, 15) is 22.6 Å². The summed E-state index contributed by atoms with van der Waals surface area (Å²) in [5.41, 5.74) is -0.981. The molecule has 2 amide bonds. The molecule has 2 aromatic rings. The molecule has 0 bridgehead atoms. The molecule has 1 heterocycles. The Hall–Kier alpha value is -2.79. The van der Waals surface area contributed by atoms with Gasteiger partial charge in [0.15, 0.2) is 0 Å². The van der Waals surface area contributed by atoms with E-state index in [1.165, 1.54) is 25.3 Å². The number of alkyl halides is 2. The average molecular weight is 486 g/mol. The van der Waals surface area contributed by atoms with E-state index in [2.05, 4.69) is 10.0 Å². The minimum Gasteiger partial charge on any atom is -0.337 e. The summed E-state index contributed by atoms with van der Waals surface area (Å²) in [6.07, 6.45) is 2.10. The molecule has 6 nitrogen and oxygen atoms in total. The molecule has 1 aliphatic rings. The number of benzene rings is 2. The van der Waals surface area contributed by atoms with Gasteiger partial charge in [0, 0.05) is 36.6 Å². The predicted molar refractivity (Wildman–Crippen MR) is 116 cm³/mol. The molecule has 0 radical (unpaired) electrons. The average Bonchev–Trinajstić information content (AvgIpc) is 2.76. The van der Waals surface area contributed by atoms with Crippen molar-refractivity contribution in [2.75, 3.05) is 24.7 Å². The summed E-state index contributed by atoms with van der Waals surface area (Å²) >= 11 is 0. The van der Waals surface area contributed by atoms with Crippen LogP contribution in [0.15, 0.2) is 36.4 Å². The maximum atomic E-state index is 15.0. The van der Waals surface area contributed by atoms with Crippen LogP contribution in [0, 0.1) is 18.6 Å². The highest BCUT2D eigenvalue weighted by atomic mass is 32.2. The van der Waals surface area contributed by atoms with Crippen molar-refractivity contribution >= 4 is 28.5 Å². The van der Waals surface area contributed by atoms with Crippen LogP contribution in [0.3, 0.4) is 0 Å². The molecular weight excluding hydrogens is 462 g/mol. The van der Waals surface area contributed by atoms with E-state index in [1.54, 1.807) is 0 Å². The van der Waals surface area contributed by atoms with E-state index in [-0.39, 0.29) is 35.9 Å². The summed E-state index contributed by atoms with van der Waals surface area (Å²) in [5.74, 6) is -8.37. The number of anilines is 1. The van der Waals surface area contributed by atoms with Crippen molar-refractivity contribution in [3.05, 3.63) is 64.7 Å². The van der Waals surface area contributed by atoms with E-state index in [0.29, 0.717) is 25.0 Å². The van der Waals surface area contributed by atoms with Gasteiger partial charge in [0.1, 0.15) is 11.6 Å². The summed E-state index contributed by atoms with van der Waals surface area (Å²) in [4.78, 5) is 26.0.